The second-order valence-corrected chi connectivity index (χ2v) is 8.42. The average molecular weight is 394 g/mol. The summed E-state index contributed by atoms with van der Waals surface area (Å²) in [5, 5.41) is 20.8. The summed E-state index contributed by atoms with van der Waals surface area (Å²) in [5.41, 5.74) is 0. The van der Waals surface area contributed by atoms with Crippen LogP contribution < -0.4 is 12.4 Å². The second kappa shape index (κ2) is 18.5. The van der Waals surface area contributed by atoms with Crippen LogP contribution in [0.3, 0.4) is 0 Å². The minimum Gasteiger partial charge on any atom is -1.00 e. The standard InChI is InChI=1S/C22H48NO2.ClH/c1-5-8-11-12-13-14-15-18-23(4,19-21(24)16-9-6-2)20-22(25)17-10-7-3;/h21-22,24-25H,5-20H2,1-4H3;1H/q+1;/p-1. The Labute approximate surface area is 170 Å². The molecule has 0 rings (SSSR count). The van der Waals surface area contributed by atoms with Gasteiger partial charge in [0.25, 0.3) is 0 Å². The van der Waals surface area contributed by atoms with E-state index in [2.05, 4.69) is 27.8 Å². The van der Waals surface area contributed by atoms with Gasteiger partial charge in [-0.05, 0) is 25.7 Å². The van der Waals surface area contributed by atoms with Gasteiger partial charge in [0.05, 0.1) is 13.6 Å². The molecule has 0 amide bonds. The maximum absolute atomic E-state index is 10.4. The van der Waals surface area contributed by atoms with E-state index >= 15 is 0 Å². The highest BCUT2D eigenvalue weighted by Crippen LogP contribution is 2.16. The second-order valence-electron chi connectivity index (χ2n) is 8.42. The van der Waals surface area contributed by atoms with Gasteiger partial charge in [-0.25, -0.2) is 0 Å². The number of rotatable bonds is 18. The Kier molecular flexibility index (Phi) is 20.2. The van der Waals surface area contributed by atoms with Gasteiger partial charge in [0.1, 0.15) is 25.3 Å². The molecule has 0 saturated carbocycles. The molecule has 2 atom stereocenters. The molecule has 4 heteroatoms. The molecule has 0 spiro atoms. The lowest BCUT2D eigenvalue weighted by atomic mass is 10.1. The zero-order valence-corrected chi connectivity index (χ0v) is 18.9. The van der Waals surface area contributed by atoms with Crippen LogP contribution in [0.2, 0.25) is 0 Å². The Hall–Kier alpha value is 0.170. The molecule has 0 aliphatic rings. The predicted molar refractivity (Wildman–Crippen MR) is 110 cm³/mol. The quantitative estimate of drug-likeness (QED) is 0.277. The molecule has 0 aromatic heterocycles. The van der Waals surface area contributed by atoms with Crippen molar-refractivity contribution in [3.63, 3.8) is 0 Å². The summed E-state index contributed by atoms with van der Waals surface area (Å²) in [6.07, 6.45) is 15.0. The first kappa shape index (κ1) is 28.4. The molecule has 2 unspecified atom stereocenters. The molecule has 2 N–H and O–H groups in total. The van der Waals surface area contributed by atoms with Crippen molar-refractivity contribution < 1.29 is 27.1 Å². The number of hydrogen-bond donors (Lipinski definition) is 2. The van der Waals surface area contributed by atoms with E-state index < -0.39 is 0 Å². The van der Waals surface area contributed by atoms with Crippen molar-refractivity contribution in [2.24, 2.45) is 0 Å². The Bertz CT molecular complexity index is 273. The lowest BCUT2D eigenvalue weighted by molar-refractivity contribution is -0.915. The van der Waals surface area contributed by atoms with Gasteiger partial charge >= 0.3 is 0 Å². The summed E-state index contributed by atoms with van der Waals surface area (Å²) in [6, 6.07) is 0. The highest BCUT2D eigenvalue weighted by Gasteiger charge is 2.28. The first-order valence-corrected chi connectivity index (χ1v) is 11.2. The van der Waals surface area contributed by atoms with Crippen LogP contribution in [-0.4, -0.2) is 53.6 Å². The highest BCUT2D eigenvalue weighted by atomic mass is 35.5. The van der Waals surface area contributed by atoms with Crippen molar-refractivity contribution in [1.82, 2.24) is 0 Å². The number of likely N-dealkylation sites (N-methyl/N-ethyl adjacent to an activating group) is 1. The monoisotopic (exact) mass is 393 g/mol. The molecular weight excluding hydrogens is 346 g/mol. The Morgan fingerprint density at radius 1 is 0.615 bits per heavy atom. The van der Waals surface area contributed by atoms with E-state index in [4.69, 9.17) is 0 Å². The molecule has 0 radical (unpaired) electrons. The Balaban J connectivity index is 0. The molecule has 0 aromatic rings. The zero-order valence-electron chi connectivity index (χ0n) is 18.2. The van der Waals surface area contributed by atoms with Crippen LogP contribution in [0.5, 0.6) is 0 Å². The van der Waals surface area contributed by atoms with Crippen molar-refractivity contribution in [1.29, 1.82) is 0 Å². The van der Waals surface area contributed by atoms with Crippen LogP contribution in [0.4, 0.5) is 0 Å². The van der Waals surface area contributed by atoms with E-state index in [-0.39, 0.29) is 24.6 Å². The number of unbranched alkanes of at least 4 members (excludes halogenated alkanes) is 8. The Morgan fingerprint density at radius 2 is 1.00 bits per heavy atom. The summed E-state index contributed by atoms with van der Waals surface area (Å²) >= 11 is 0. The third-order valence-electron chi connectivity index (χ3n) is 5.39. The average Bonchev–Trinajstić information content (AvgIpc) is 2.57. The molecule has 0 heterocycles. The van der Waals surface area contributed by atoms with E-state index in [1.54, 1.807) is 0 Å². The van der Waals surface area contributed by atoms with E-state index in [0.717, 1.165) is 62.6 Å². The number of aliphatic hydroxyl groups excluding tert-OH is 2. The maximum Gasteiger partial charge on any atom is 0.105 e. The largest absolute Gasteiger partial charge is 1.00 e. The fourth-order valence-corrected chi connectivity index (χ4v) is 3.79. The molecule has 0 aliphatic heterocycles. The van der Waals surface area contributed by atoms with Crippen molar-refractivity contribution in [3.05, 3.63) is 0 Å². The van der Waals surface area contributed by atoms with E-state index in [1.165, 1.54) is 44.9 Å². The maximum atomic E-state index is 10.4. The SMILES string of the molecule is CCCCCCCCC[N+](C)(CC(O)CCCC)CC(O)CCCC.[Cl-]. The van der Waals surface area contributed by atoms with Gasteiger partial charge in [0.2, 0.25) is 0 Å². The smallest absolute Gasteiger partial charge is 0.105 e. The lowest BCUT2D eigenvalue weighted by Gasteiger charge is -2.38. The van der Waals surface area contributed by atoms with Gasteiger partial charge in [-0.15, -0.1) is 0 Å². The molecule has 3 nitrogen and oxygen atoms in total. The van der Waals surface area contributed by atoms with Gasteiger partial charge in [-0.3, -0.25) is 0 Å². The number of halogens is 1. The predicted octanol–water partition coefficient (Wildman–Crippen LogP) is 2.29. The van der Waals surface area contributed by atoms with Crippen molar-refractivity contribution in [2.45, 2.75) is 116 Å². The third-order valence-corrected chi connectivity index (χ3v) is 5.39. The molecule has 26 heavy (non-hydrogen) atoms. The minimum atomic E-state index is -0.229. The molecule has 0 aliphatic carbocycles. The number of hydrogen-bond acceptors (Lipinski definition) is 2. The van der Waals surface area contributed by atoms with E-state index in [9.17, 15) is 10.2 Å². The molecule has 160 valence electrons. The fourth-order valence-electron chi connectivity index (χ4n) is 3.79. The van der Waals surface area contributed by atoms with Crippen LogP contribution >= 0.6 is 0 Å². The Morgan fingerprint density at radius 3 is 1.42 bits per heavy atom. The van der Waals surface area contributed by atoms with Crippen LogP contribution in [0.25, 0.3) is 0 Å². The third kappa shape index (κ3) is 16.4. The topological polar surface area (TPSA) is 40.5 Å². The van der Waals surface area contributed by atoms with Crippen LogP contribution in [0, 0.1) is 0 Å². The van der Waals surface area contributed by atoms with E-state index in [1.807, 2.05) is 0 Å². The molecule has 0 saturated heterocycles. The summed E-state index contributed by atoms with van der Waals surface area (Å²) in [4.78, 5) is 0. The van der Waals surface area contributed by atoms with Crippen LogP contribution in [0.15, 0.2) is 0 Å². The van der Waals surface area contributed by atoms with Gasteiger partial charge in [-0.2, -0.15) is 0 Å². The van der Waals surface area contributed by atoms with E-state index in [0.29, 0.717) is 0 Å². The van der Waals surface area contributed by atoms with Crippen molar-refractivity contribution in [3.8, 4) is 0 Å². The molecule has 0 aromatic carbocycles. The van der Waals surface area contributed by atoms with Gasteiger partial charge < -0.3 is 27.1 Å². The van der Waals surface area contributed by atoms with Crippen molar-refractivity contribution >= 4 is 0 Å². The van der Waals surface area contributed by atoms with Crippen LogP contribution in [0.1, 0.15) is 104 Å². The molecule has 0 bridgehead atoms. The summed E-state index contributed by atoms with van der Waals surface area (Å²) in [5.74, 6) is 0. The fraction of sp³-hybridized carbons (Fsp3) is 1.00. The number of quaternary nitrogens is 1. The number of nitrogens with zero attached hydrogens (tertiary/aromatic N) is 1. The normalized spacial score (nSPS) is 15.9. The van der Waals surface area contributed by atoms with Gasteiger partial charge in [0, 0.05) is 0 Å². The van der Waals surface area contributed by atoms with Gasteiger partial charge in [0.15, 0.2) is 0 Å². The van der Waals surface area contributed by atoms with Crippen LogP contribution in [-0.2, 0) is 0 Å². The molecular formula is C22H48ClNO2. The summed E-state index contributed by atoms with van der Waals surface area (Å²) in [6.45, 7) is 9.27. The first-order chi connectivity index (χ1) is 12.0. The summed E-state index contributed by atoms with van der Waals surface area (Å²) in [7, 11) is 2.24. The molecule has 0 fully saturated rings. The van der Waals surface area contributed by atoms with Gasteiger partial charge in [-0.1, -0.05) is 78.6 Å². The zero-order chi connectivity index (χ0) is 19.0. The first-order valence-electron chi connectivity index (χ1n) is 11.2. The number of aliphatic hydroxyl groups is 2. The minimum absolute atomic E-state index is 0. The van der Waals surface area contributed by atoms with Crippen molar-refractivity contribution in [2.75, 3.05) is 26.7 Å². The highest BCUT2D eigenvalue weighted by molar-refractivity contribution is 4.60. The lowest BCUT2D eigenvalue weighted by Crippen LogP contribution is -3.00. The summed E-state index contributed by atoms with van der Waals surface area (Å²) < 4.78 is 0.824.